The number of hydrogen-bond acceptors (Lipinski definition) is 3. The van der Waals surface area contributed by atoms with Crippen molar-refractivity contribution in [1.29, 1.82) is 0 Å². The molecule has 0 spiro atoms. The summed E-state index contributed by atoms with van der Waals surface area (Å²) < 4.78 is 5.62. The molecule has 17 heavy (non-hydrogen) atoms. The van der Waals surface area contributed by atoms with Crippen LogP contribution in [0.25, 0.3) is 0 Å². The number of nitrogens with two attached hydrogens (primary N) is 1. The lowest BCUT2D eigenvalue weighted by Gasteiger charge is -2.09. The van der Waals surface area contributed by atoms with E-state index in [0.717, 1.165) is 23.5 Å². The lowest BCUT2D eigenvalue weighted by molar-refractivity contribution is 0.434. The first-order chi connectivity index (χ1) is 8.20. The standard InChI is InChI=1S/C13H15ClN2O/c1-2-10-3-4-13(17-10)12(15)7-9-5-6-16-8-11(9)14/h3-6,8,12H,2,7,15H2,1H3. The van der Waals surface area contributed by atoms with Gasteiger partial charge in [-0.3, -0.25) is 4.98 Å². The first kappa shape index (κ1) is 12.1. The maximum Gasteiger partial charge on any atom is 0.121 e. The lowest BCUT2D eigenvalue weighted by Crippen LogP contribution is -2.12. The van der Waals surface area contributed by atoms with Crippen molar-refractivity contribution < 1.29 is 4.42 Å². The van der Waals surface area contributed by atoms with Gasteiger partial charge in [-0.05, 0) is 30.2 Å². The predicted octanol–water partition coefficient (Wildman–Crippen LogP) is 3.13. The van der Waals surface area contributed by atoms with E-state index in [1.807, 2.05) is 25.1 Å². The summed E-state index contributed by atoms with van der Waals surface area (Å²) in [6.07, 6.45) is 4.87. The van der Waals surface area contributed by atoms with E-state index in [2.05, 4.69) is 4.98 Å². The van der Waals surface area contributed by atoms with Crippen LogP contribution in [0, 0.1) is 0 Å². The van der Waals surface area contributed by atoms with Crippen molar-refractivity contribution >= 4 is 11.6 Å². The maximum atomic E-state index is 6.09. The summed E-state index contributed by atoms with van der Waals surface area (Å²) in [7, 11) is 0. The average Bonchev–Trinajstić information content (AvgIpc) is 2.81. The van der Waals surface area contributed by atoms with Gasteiger partial charge in [-0.1, -0.05) is 18.5 Å². The van der Waals surface area contributed by atoms with Crippen LogP contribution in [0.3, 0.4) is 0 Å². The molecule has 1 atom stereocenters. The minimum Gasteiger partial charge on any atom is -0.464 e. The van der Waals surface area contributed by atoms with Gasteiger partial charge in [0.2, 0.25) is 0 Å². The molecule has 90 valence electrons. The van der Waals surface area contributed by atoms with E-state index >= 15 is 0 Å². The molecule has 4 heteroatoms. The van der Waals surface area contributed by atoms with Crippen LogP contribution in [-0.4, -0.2) is 4.98 Å². The molecule has 2 aromatic heterocycles. The fourth-order valence-electron chi connectivity index (χ4n) is 1.69. The number of halogens is 1. The number of pyridine rings is 1. The van der Waals surface area contributed by atoms with Gasteiger partial charge in [-0.15, -0.1) is 0 Å². The van der Waals surface area contributed by atoms with E-state index in [4.69, 9.17) is 21.8 Å². The summed E-state index contributed by atoms with van der Waals surface area (Å²) >= 11 is 6.04. The Hall–Kier alpha value is -1.32. The highest BCUT2D eigenvalue weighted by molar-refractivity contribution is 6.31. The maximum absolute atomic E-state index is 6.09. The van der Waals surface area contributed by atoms with Crippen LogP contribution in [0.1, 0.15) is 30.0 Å². The fraction of sp³-hybridized carbons (Fsp3) is 0.308. The normalized spacial score (nSPS) is 12.6. The Morgan fingerprint density at radius 1 is 1.41 bits per heavy atom. The zero-order valence-corrected chi connectivity index (χ0v) is 10.4. The molecular formula is C13H15ClN2O. The van der Waals surface area contributed by atoms with Gasteiger partial charge in [0.15, 0.2) is 0 Å². The molecule has 0 aliphatic heterocycles. The molecule has 1 unspecified atom stereocenters. The Balaban J connectivity index is 2.11. The van der Waals surface area contributed by atoms with E-state index in [-0.39, 0.29) is 6.04 Å². The minimum atomic E-state index is -0.171. The molecule has 2 heterocycles. The van der Waals surface area contributed by atoms with E-state index in [1.165, 1.54) is 0 Å². The van der Waals surface area contributed by atoms with Gasteiger partial charge in [-0.2, -0.15) is 0 Å². The van der Waals surface area contributed by atoms with Gasteiger partial charge >= 0.3 is 0 Å². The predicted molar refractivity (Wildman–Crippen MR) is 68.0 cm³/mol. The van der Waals surface area contributed by atoms with Crippen LogP contribution in [0.15, 0.2) is 35.0 Å². The molecule has 0 aliphatic carbocycles. The first-order valence-corrected chi connectivity index (χ1v) is 6.01. The van der Waals surface area contributed by atoms with E-state index < -0.39 is 0 Å². The van der Waals surface area contributed by atoms with Gasteiger partial charge in [0.1, 0.15) is 11.5 Å². The SMILES string of the molecule is CCc1ccc(C(N)Cc2ccncc2Cl)o1. The van der Waals surface area contributed by atoms with E-state index in [1.54, 1.807) is 12.4 Å². The summed E-state index contributed by atoms with van der Waals surface area (Å²) in [5, 5.41) is 0.644. The Labute approximate surface area is 106 Å². The van der Waals surface area contributed by atoms with Gasteiger partial charge < -0.3 is 10.2 Å². The molecule has 0 amide bonds. The second-order valence-corrected chi connectivity index (χ2v) is 4.34. The lowest BCUT2D eigenvalue weighted by atomic mass is 10.1. The van der Waals surface area contributed by atoms with Crippen molar-refractivity contribution in [2.24, 2.45) is 5.73 Å². The van der Waals surface area contributed by atoms with Crippen molar-refractivity contribution in [2.45, 2.75) is 25.8 Å². The monoisotopic (exact) mass is 250 g/mol. The summed E-state index contributed by atoms with van der Waals surface area (Å²) in [4.78, 5) is 3.95. The fourth-order valence-corrected chi connectivity index (χ4v) is 1.89. The highest BCUT2D eigenvalue weighted by atomic mass is 35.5. The third-order valence-electron chi connectivity index (χ3n) is 2.69. The second kappa shape index (κ2) is 5.34. The van der Waals surface area contributed by atoms with Crippen LogP contribution in [0.4, 0.5) is 0 Å². The van der Waals surface area contributed by atoms with Crippen molar-refractivity contribution in [1.82, 2.24) is 4.98 Å². The number of rotatable bonds is 4. The molecule has 0 saturated heterocycles. The van der Waals surface area contributed by atoms with Gasteiger partial charge in [0.25, 0.3) is 0 Å². The highest BCUT2D eigenvalue weighted by Crippen LogP contribution is 2.22. The van der Waals surface area contributed by atoms with Crippen LogP contribution < -0.4 is 5.73 Å². The van der Waals surface area contributed by atoms with Gasteiger partial charge in [0.05, 0.1) is 11.1 Å². The summed E-state index contributed by atoms with van der Waals surface area (Å²) in [5.41, 5.74) is 7.08. The van der Waals surface area contributed by atoms with Crippen molar-refractivity contribution in [3.8, 4) is 0 Å². The Morgan fingerprint density at radius 2 is 2.24 bits per heavy atom. The molecule has 3 nitrogen and oxygen atoms in total. The van der Waals surface area contributed by atoms with Crippen LogP contribution in [-0.2, 0) is 12.8 Å². The first-order valence-electron chi connectivity index (χ1n) is 5.63. The molecule has 0 fully saturated rings. The molecule has 0 saturated carbocycles. The van der Waals surface area contributed by atoms with Crippen LogP contribution in [0.5, 0.6) is 0 Å². The quantitative estimate of drug-likeness (QED) is 0.907. The summed E-state index contributed by atoms with van der Waals surface area (Å²) in [5.74, 6) is 1.76. The molecule has 2 rings (SSSR count). The summed E-state index contributed by atoms with van der Waals surface area (Å²) in [6, 6.07) is 5.60. The van der Waals surface area contributed by atoms with E-state index in [0.29, 0.717) is 11.4 Å². The number of hydrogen-bond donors (Lipinski definition) is 1. The zero-order valence-electron chi connectivity index (χ0n) is 9.69. The topological polar surface area (TPSA) is 52.0 Å². The Morgan fingerprint density at radius 3 is 2.88 bits per heavy atom. The third kappa shape index (κ3) is 2.87. The number of aromatic nitrogens is 1. The van der Waals surface area contributed by atoms with Crippen LogP contribution >= 0.6 is 11.6 Å². The number of nitrogens with zero attached hydrogens (tertiary/aromatic N) is 1. The van der Waals surface area contributed by atoms with Crippen LogP contribution in [0.2, 0.25) is 5.02 Å². The zero-order chi connectivity index (χ0) is 12.3. The number of aryl methyl sites for hydroxylation is 1. The Kier molecular flexibility index (Phi) is 3.82. The average molecular weight is 251 g/mol. The van der Waals surface area contributed by atoms with Crippen molar-refractivity contribution in [2.75, 3.05) is 0 Å². The second-order valence-electron chi connectivity index (χ2n) is 3.94. The molecule has 2 N–H and O–H groups in total. The molecule has 2 aromatic rings. The molecule has 0 aromatic carbocycles. The number of furan rings is 1. The smallest absolute Gasteiger partial charge is 0.121 e. The molecule has 0 aliphatic rings. The summed E-state index contributed by atoms with van der Waals surface area (Å²) in [6.45, 7) is 2.05. The Bertz CT molecular complexity index is 496. The molecular weight excluding hydrogens is 236 g/mol. The molecule has 0 bridgehead atoms. The third-order valence-corrected chi connectivity index (χ3v) is 3.03. The van der Waals surface area contributed by atoms with Crippen molar-refractivity contribution in [3.63, 3.8) is 0 Å². The highest BCUT2D eigenvalue weighted by Gasteiger charge is 2.13. The van der Waals surface area contributed by atoms with E-state index in [9.17, 15) is 0 Å². The van der Waals surface area contributed by atoms with Crippen molar-refractivity contribution in [3.05, 3.63) is 52.7 Å². The largest absolute Gasteiger partial charge is 0.464 e. The molecule has 0 radical (unpaired) electrons. The minimum absolute atomic E-state index is 0.171. The van der Waals surface area contributed by atoms with Gasteiger partial charge in [-0.25, -0.2) is 0 Å². The van der Waals surface area contributed by atoms with Gasteiger partial charge in [0, 0.05) is 18.8 Å².